The third-order valence-electron chi connectivity index (χ3n) is 4.60. The van der Waals surface area contributed by atoms with Gasteiger partial charge in [-0.25, -0.2) is 8.42 Å². The SMILES string of the molecule is CNCC(C)C(=O)NC(c1cccc(S(C)(=O)=O)c1)c1ccc(C)cc1C. The summed E-state index contributed by atoms with van der Waals surface area (Å²) in [5.41, 5.74) is 3.88. The molecule has 0 saturated heterocycles. The van der Waals surface area contributed by atoms with Gasteiger partial charge in [0.25, 0.3) is 0 Å². The number of sulfone groups is 1. The second-order valence-corrected chi connectivity index (χ2v) is 9.12. The maximum Gasteiger partial charge on any atom is 0.224 e. The van der Waals surface area contributed by atoms with Crippen LogP contribution in [-0.4, -0.2) is 34.2 Å². The van der Waals surface area contributed by atoms with Gasteiger partial charge in [-0.1, -0.05) is 42.8 Å². The molecule has 0 fully saturated rings. The van der Waals surface area contributed by atoms with E-state index in [2.05, 4.69) is 16.7 Å². The van der Waals surface area contributed by atoms with Crippen LogP contribution in [0.15, 0.2) is 47.4 Å². The van der Waals surface area contributed by atoms with E-state index in [1.807, 2.05) is 39.0 Å². The Morgan fingerprint density at radius 3 is 2.41 bits per heavy atom. The van der Waals surface area contributed by atoms with Crippen LogP contribution in [0.3, 0.4) is 0 Å². The number of nitrogens with one attached hydrogen (secondary N) is 2. The summed E-state index contributed by atoms with van der Waals surface area (Å²) in [6, 6.07) is 12.4. The standard InChI is InChI=1S/C21H28N2O3S/c1-14-9-10-19(15(2)11-14)20(23-21(24)16(3)13-22-4)17-7-6-8-18(12-17)27(5,25)26/h6-12,16,20,22H,13H2,1-5H3,(H,23,24). The summed E-state index contributed by atoms with van der Waals surface area (Å²) >= 11 is 0. The van der Waals surface area contributed by atoms with Crippen LogP contribution >= 0.6 is 0 Å². The fourth-order valence-electron chi connectivity index (χ4n) is 3.10. The van der Waals surface area contributed by atoms with Crippen molar-refractivity contribution in [3.8, 4) is 0 Å². The Morgan fingerprint density at radius 2 is 1.81 bits per heavy atom. The zero-order valence-electron chi connectivity index (χ0n) is 16.5. The minimum absolute atomic E-state index is 0.0842. The zero-order chi connectivity index (χ0) is 20.2. The first-order chi connectivity index (χ1) is 12.6. The van der Waals surface area contributed by atoms with Gasteiger partial charge in [0.15, 0.2) is 9.84 Å². The maximum atomic E-state index is 12.7. The van der Waals surface area contributed by atoms with Crippen molar-refractivity contribution in [2.45, 2.75) is 31.7 Å². The molecule has 0 aromatic heterocycles. The largest absolute Gasteiger partial charge is 0.345 e. The first kappa shape index (κ1) is 21.1. The van der Waals surface area contributed by atoms with Crippen LogP contribution < -0.4 is 10.6 Å². The number of hydrogen-bond acceptors (Lipinski definition) is 4. The molecule has 2 rings (SSSR count). The molecule has 0 bridgehead atoms. The van der Waals surface area contributed by atoms with Crippen LogP contribution in [-0.2, 0) is 14.6 Å². The first-order valence-electron chi connectivity index (χ1n) is 8.95. The highest BCUT2D eigenvalue weighted by Crippen LogP contribution is 2.27. The van der Waals surface area contributed by atoms with E-state index in [9.17, 15) is 13.2 Å². The summed E-state index contributed by atoms with van der Waals surface area (Å²) in [6.45, 7) is 6.44. The van der Waals surface area contributed by atoms with E-state index in [1.54, 1.807) is 25.2 Å². The lowest BCUT2D eigenvalue weighted by atomic mass is 9.93. The minimum atomic E-state index is -3.33. The zero-order valence-corrected chi connectivity index (χ0v) is 17.4. The molecule has 6 heteroatoms. The quantitative estimate of drug-likeness (QED) is 0.765. The van der Waals surface area contributed by atoms with Gasteiger partial charge in [0.1, 0.15) is 0 Å². The van der Waals surface area contributed by atoms with Crippen molar-refractivity contribution in [1.82, 2.24) is 10.6 Å². The number of aryl methyl sites for hydroxylation is 2. The van der Waals surface area contributed by atoms with E-state index in [4.69, 9.17) is 0 Å². The molecule has 1 amide bonds. The van der Waals surface area contributed by atoms with Gasteiger partial charge in [-0.15, -0.1) is 0 Å². The van der Waals surface area contributed by atoms with Crippen LogP contribution in [0.5, 0.6) is 0 Å². The topological polar surface area (TPSA) is 75.3 Å². The lowest BCUT2D eigenvalue weighted by Crippen LogP contribution is -2.37. The van der Waals surface area contributed by atoms with Gasteiger partial charge in [-0.05, 0) is 49.7 Å². The van der Waals surface area contributed by atoms with E-state index < -0.39 is 15.9 Å². The lowest BCUT2D eigenvalue weighted by Gasteiger charge is -2.24. The monoisotopic (exact) mass is 388 g/mol. The molecule has 0 heterocycles. The molecule has 0 aliphatic carbocycles. The van der Waals surface area contributed by atoms with Gasteiger partial charge in [-0.2, -0.15) is 0 Å². The molecular weight excluding hydrogens is 360 g/mol. The smallest absolute Gasteiger partial charge is 0.224 e. The third kappa shape index (κ3) is 5.40. The van der Waals surface area contributed by atoms with E-state index in [0.29, 0.717) is 6.54 Å². The molecule has 27 heavy (non-hydrogen) atoms. The Balaban J connectivity index is 2.51. The molecule has 2 aromatic rings. The predicted octanol–water partition coefficient (Wildman–Crippen LogP) is 2.77. The molecule has 2 unspecified atom stereocenters. The lowest BCUT2D eigenvalue weighted by molar-refractivity contribution is -0.124. The van der Waals surface area contributed by atoms with Crippen LogP contribution in [0.4, 0.5) is 0 Å². The second kappa shape index (κ2) is 8.67. The molecular formula is C21H28N2O3S. The van der Waals surface area contributed by atoms with Gasteiger partial charge >= 0.3 is 0 Å². The van der Waals surface area contributed by atoms with E-state index in [1.165, 1.54) is 6.26 Å². The predicted molar refractivity (Wildman–Crippen MR) is 109 cm³/mol. The molecule has 0 saturated carbocycles. The summed E-state index contributed by atoms with van der Waals surface area (Å²) in [7, 11) is -1.53. The number of carbonyl (C=O) groups excluding carboxylic acids is 1. The molecule has 146 valence electrons. The molecule has 2 atom stereocenters. The number of hydrogen-bond donors (Lipinski definition) is 2. The first-order valence-corrected chi connectivity index (χ1v) is 10.8. The molecule has 0 radical (unpaired) electrons. The molecule has 5 nitrogen and oxygen atoms in total. The van der Waals surface area contributed by atoms with Crippen molar-refractivity contribution in [2.24, 2.45) is 5.92 Å². The van der Waals surface area contributed by atoms with E-state index >= 15 is 0 Å². The Bertz CT molecular complexity index is 923. The minimum Gasteiger partial charge on any atom is -0.345 e. The number of carbonyl (C=O) groups is 1. The van der Waals surface area contributed by atoms with Crippen LogP contribution in [0.1, 0.15) is 35.2 Å². The fraction of sp³-hybridized carbons (Fsp3) is 0.381. The van der Waals surface area contributed by atoms with Gasteiger partial charge in [0, 0.05) is 18.7 Å². The van der Waals surface area contributed by atoms with Crippen LogP contribution in [0, 0.1) is 19.8 Å². The van der Waals surface area contributed by atoms with Gasteiger partial charge in [0.2, 0.25) is 5.91 Å². The summed E-state index contributed by atoms with van der Waals surface area (Å²) in [6.07, 6.45) is 1.19. The molecule has 0 aliphatic heterocycles. The van der Waals surface area contributed by atoms with Crippen LogP contribution in [0.25, 0.3) is 0 Å². The highest BCUT2D eigenvalue weighted by molar-refractivity contribution is 7.90. The molecule has 0 spiro atoms. The van der Waals surface area contributed by atoms with Crippen molar-refractivity contribution in [3.05, 3.63) is 64.7 Å². The highest BCUT2D eigenvalue weighted by Gasteiger charge is 2.22. The van der Waals surface area contributed by atoms with Gasteiger partial charge in [-0.3, -0.25) is 4.79 Å². The Labute approximate surface area is 162 Å². The van der Waals surface area contributed by atoms with Gasteiger partial charge in [0.05, 0.1) is 10.9 Å². The van der Waals surface area contributed by atoms with E-state index in [-0.39, 0.29) is 16.7 Å². The van der Waals surface area contributed by atoms with Crippen molar-refractivity contribution in [3.63, 3.8) is 0 Å². The van der Waals surface area contributed by atoms with E-state index in [0.717, 1.165) is 22.3 Å². The third-order valence-corrected chi connectivity index (χ3v) is 5.71. The Morgan fingerprint density at radius 1 is 1.11 bits per heavy atom. The maximum absolute atomic E-state index is 12.7. The van der Waals surface area contributed by atoms with Crippen LogP contribution in [0.2, 0.25) is 0 Å². The summed E-state index contributed by atoms with van der Waals surface area (Å²) < 4.78 is 24.0. The molecule has 2 N–H and O–H groups in total. The summed E-state index contributed by atoms with van der Waals surface area (Å²) in [5, 5.41) is 6.11. The van der Waals surface area contributed by atoms with Crippen molar-refractivity contribution < 1.29 is 13.2 Å². The summed E-state index contributed by atoms with van der Waals surface area (Å²) in [4.78, 5) is 12.9. The highest BCUT2D eigenvalue weighted by atomic mass is 32.2. The Kier molecular flexibility index (Phi) is 6.78. The van der Waals surface area contributed by atoms with Crippen molar-refractivity contribution in [1.29, 1.82) is 0 Å². The molecule has 0 aliphatic rings. The van der Waals surface area contributed by atoms with Crippen molar-refractivity contribution in [2.75, 3.05) is 19.8 Å². The summed E-state index contributed by atoms with van der Waals surface area (Å²) in [5.74, 6) is -0.291. The number of amides is 1. The molecule has 2 aromatic carbocycles. The average molecular weight is 389 g/mol. The fourth-order valence-corrected chi connectivity index (χ4v) is 3.77. The normalized spacial score (nSPS) is 13.8. The van der Waals surface area contributed by atoms with Crippen molar-refractivity contribution >= 4 is 15.7 Å². The Hall–Kier alpha value is -2.18. The second-order valence-electron chi connectivity index (χ2n) is 7.11. The number of benzene rings is 2. The average Bonchev–Trinajstić information content (AvgIpc) is 2.59. The van der Waals surface area contributed by atoms with Gasteiger partial charge < -0.3 is 10.6 Å². The number of rotatable bonds is 7.